The van der Waals surface area contributed by atoms with Gasteiger partial charge in [-0.15, -0.1) is 0 Å². The maximum Gasteiger partial charge on any atom is 0.255 e. The number of carbonyl (C=O) groups excluding carboxylic acids is 3. The summed E-state index contributed by atoms with van der Waals surface area (Å²) in [6.45, 7) is 1.46. The molecule has 27 heavy (non-hydrogen) atoms. The molecule has 4 nitrogen and oxygen atoms in total. The number of amides is 1. The van der Waals surface area contributed by atoms with Crippen molar-refractivity contribution in [3.8, 4) is 0 Å². The zero-order valence-electron chi connectivity index (χ0n) is 14.5. The van der Waals surface area contributed by atoms with Crippen molar-refractivity contribution in [2.75, 3.05) is 5.32 Å². The number of Topliss-reactive ketones (excluding diaryl/α,β-unsaturated/α-hetero) is 1. The summed E-state index contributed by atoms with van der Waals surface area (Å²) in [7, 11) is 0. The first-order valence-electron chi connectivity index (χ1n) is 8.27. The lowest BCUT2D eigenvalue weighted by Gasteiger charge is -2.11. The van der Waals surface area contributed by atoms with Crippen LogP contribution in [0.5, 0.6) is 0 Å². The lowest BCUT2D eigenvalue weighted by atomic mass is 10.0. The highest BCUT2D eigenvalue weighted by molar-refractivity contribution is 6.31. The molecule has 0 aliphatic rings. The summed E-state index contributed by atoms with van der Waals surface area (Å²) in [4.78, 5) is 36.7. The number of carbonyl (C=O) groups is 3. The maximum atomic E-state index is 12.8. The van der Waals surface area contributed by atoms with E-state index in [4.69, 9.17) is 11.6 Å². The highest BCUT2D eigenvalue weighted by Crippen LogP contribution is 2.24. The van der Waals surface area contributed by atoms with Crippen molar-refractivity contribution < 1.29 is 14.4 Å². The van der Waals surface area contributed by atoms with Crippen LogP contribution in [0.1, 0.15) is 43.6 Å². The molecule has 3 aromatic rings. The molecule has 0 heterocycles. The average Bonchev–Trinajstić information content (AvgIpc) is 2.69. The third kappa shape index (κ3) is 4.30. The Hall–Kier alpha value is -3.24. The average molecular weight is 378 g/mol. The molecule has 0 aliphatic carbocycles. The van der Waals surface area contributed by atoms with Gasteiger partial charge in [0.1, 0.15) is 0 Å². The van der Waals surface area contributed by atoms with Gasteiger partial charge in [0.2, 0.25) is 0 Å². The van der Waals surface area contributed by atoms with Gasteiger partial charge in [0, 0.05) is 27.3 Å². The summed E-state index contributed by atoms with van der Waals surface area (Å²) >= 11 is 6.05. The molecule has 0 bridgehead atoms. The van der Waals surface area contributed by atoms with Gasteiger partial charge in [0.05, 0.1) is 5.69 Å². The largest absolute Gasteiger partial charge is 0.321 e. The van der Waals surface area contributed by atoms with Gasteiger partial charge in [-0.1, -0.05) is 54.1 Å². The van der Waals surface area contributed by atoms with Crippen molar-refractivity contribution in [2.24, 2.45) is 0 Å². The van der Waals surface area contributed by atoms with Gasteiger partial charge in [-0.05, 0) is 37.3 Å². The Morgan fingerprint density at radius 1 is 0.778 bits per heavy atom. The summed E-state index contributed by atoms with van der Waals surface area (Å²) in [5, 5.41) is 3.15. The second kappa shape index (κ2) is 7.98. The molecule has 5 heteroatoms. The standard InChI is InChI=1S/C22H16ClNO3/c1-14(25)15-7-9-17(10-8-15)22(27)24-20-12-11-18(23)13-19(20)21(26)16-5-3-2-4-6-16/h2-13H,1H3,(H,24,27). The maximum absolute atomic E-state index is 12.8. The molecule has 3 rings (SSSR count). The molecule has 0 aromatic heterocycles. The Bertz CT molecular complexity index is 1010. The molecule has 1 amide bonds. The SMILES string of the molecule is CC(=O)c1ccc(C(=O)Nc2ccc(Cl)cc2C(=O)c2ccccc2)cc1. The van der Waals surface area contributed by atoms with E-state index in [9.17, 15) is 14.4 Å². The Morgan fingerprint density at radius 3 is 2.04 bits per heavy atom. The first-order valence-corrected chi connectivity index (χ1v) is 8.65. The van der Waals surface area contributed by atoms with E-state index in [2.05, 4.69) is 5.32 Å². The zero-order chi connectivity index (χ0) is 19.4. The number of rotatable bonds is 5. The molecule has 0 aliphatic heterocycles. The molecule has 0 saturated heterocycles. The summed E-state index contributed by atoms with van der Waals surface area (Å²) in [6.07, 6.45) is 0. The van der Waals surface area contributed by atoms with Crippen LogP contribution in [0.4, 0.5) is 5.69 Å². The lowest BCUT2D eigenvalue weighted by molar-refractivity contribution is 0.100. The lowest BCUT2D eigenvalue weighted by Crippen LogP contribution is -2.15. The fraction of sp³-hybridized carbons (Fsp3) is 0.0455. The highest BCUT2D eigenvalue weighted by atomic mass is 35.5. The first-order chi connectivity index (χ1) is 13.0. The molecule has 0 atom stereocenters. The third-order valence-electron chi connectivity index (χ3n) is 4.06. The third-order valence-corrected chi connectivity index (χ3v) is 4.30. The molecular weight excluding hydrogens is 362 g/mol. The minimum absolute atomic E-state index is 0.0737. The smallest absolute Gasteiger partial charge is 0.255 e. The minimum atomic E-state index is -0.380. The molecule has 0 fully saturated rings. The molecule has 0 unspecified atom stereocenters. The van der Waals surface area contributed by atoms with Crippen LogP contribution in [0.2, 0.25) is 5.02 Å². The Labute approximate surface area is 161 Å². The van der Waals surface area contributed by atoms with Gasteiger partial charge in [0.25, 0.3) is 5.91 Å². The van der Waals surface area contributed by atoms with Gasteiger partial charge in [-0.25, -0.2) is 0 Å². The molecule has 0 saturated carbocycles. The van der Waals surface area contributed by atoms with E-state index in [1.54, 1.807) is 60.7 Å². The van der Waals surface area contributed by atoms with Crippen LogP contribution in [-0.4, -0.2) is 17.5 Å². The number of anilines is 1. The van der Waals surface area contributed by atoms with Gasteiger partial charge >= 0.3 is 0 Å². The van der Waals surface area contributed by atoms with Crippen molar-refractivity contribution in [2.45, 2.75) is 6.92 Å². The summed E-state index contributed by atoms with van der Waals surface area (Å²) < 4.78 is 0. The molecule has 1 N–H and O–H groups in total. The summed E-state index contributed by atoms with van der Waals surface area (Å²) in [5.41, 5.74) is 2.09. The predicted molar refractivity (Wildman–Crippen MR) is 106 cm³/mol. The van der Waals surface area contributed by atoms with Crippen LogP contribution >= 0.6 is 11.6 Å². The quantitative estimate of drug-likeness (QED) is 0.634. The van der Waals surface area contributed by atoms with E-state index in [-0.39, 0.29) is 17.5 Å². The van der Waals surface area contributed by atoms with Crippen LogP contribution in [-0.2, 0) is 0 Å². The molecule has 0 radical (unpaired) electrons. The van der Waals surface area contributed by atoms with E-state index in [0.717, 1.165) is 0 Å². The van der Waals surface area contributed by atoms with Crippen LogP contribution in [0, 0.1) is 0 Å². The second-order valence-corrected chi connectivity index (χ2v) is 6.41. The number of hydrogen-bond donors (Lipinski definition) is 1. The summed E-state index contributed by atoms with van der Waals surface area (Å²) in [5.74, 6) is -0.690. The highest BCUT2D eigenvalue weighted by Gasteiger charge is 2.17. The van der Waals surface area contributed by atoms with Crippen molar-refractivity contribution in [1.29, 1.82) is 0 Å². The van der Waals surface area contributed by atoms with Gasteiger partial charge in [0.15, 0.2) is 11.6 Å². The first kappa shape index (κ1) is 18.5. The van der Waals surface area contributed by atoms with Crippen LogP contribution < -0.4 is 5.32 Å². The van der Waals surface area contributed by atoms with Crippen molar-refractivity contribution in [3.63, 3.8) is 0 Å². The topological polar surface area (TPSA) is 63.2 Å². The predicted octanol–water partition coefficient (Wildman–Crippen LogP) is 5.03. The summed E-state index contributed by atoms with van der Waals surface area (Å²) in [6, 6.07) is 19.8. The monoisotopic (exact) mass is 377 g/mol. The van der Waals surface area contributed by atoms with E-state index in [0.29, 0.717) is 33.0 Å². The zero-order valence-corrected chi connectivity index (χ0v) is 15.3. The number of benzene rings is 3. The molecular formula is C22H16ClNO3. The van der Waals surface area contributed by atoms with E-state index >= 15 is 0 Å². The second-order valence-electron chi connectivity index (χ2n) is 5.97. The van der Waals surface area contributed by atoms with Crippen LogP contribution in [0.25, 0.3) is 0 Å². The van der Waals surface area contributed by atoms with Crippen LogP contribution in [0.15, 0.2) is 72.8 Å². The van der Waals surface area contributed by atoms with E-state index in [1.165, 1.54) is 13.0 Å². The van der Waals surface area contributed by atoms with Gasteiger partial charge in [-0.3, -0.25) is 14.4 Å². The van der Waals surface area contributed by atoms with Crippen LogP contribution in [0.3, 0.4) is 0 Å². The molecule has 134 valence electrons. The van der Waals surface area contributed by atoms with Crippen molar-refractivity contribution >= 4 is 34.8 Å². The minimum Gasteiger partial charge on any atom is -0.321 e. The molecule has 0 spiro atoms. The Morgan fingerprint density at radius 2 is 1.41 bits per heavy atom. The number of ketones is 2. The van der Waals surface area contributed by atoms with Gasteiger partial charge in [-0.2, -0.15) is 0 Å². The van der Waals surface area contributed by atoms with Crippen molar-refractivity contribution in [1.82, 2.24) is 0 Å². The van der Waals surface area contributed by atoms with Gasteiger partial charge < -0.3 is 5.32 Å². The van der Waals surface area contributed by atoms with E-state index in [1.807, 2.05) is 6.07 Å². The number of halogens is 1. The molecule has 3 aromatic carbocycles. The number of hydrogen-bond acceptors (Lipinski definition) is 3. The fourth-order valence-corrected chi connectivity index (χ4v) is 2.78. The Balaban J connectivity index is 1.89. The number of nitrogens with one attached hydrogen (secondary N) is 1. The Kier molecular flexibility index (Phi) is 5.48. The van der Waals surface area contributed by atoms with Crippen molar-refractivity contribution in [3.05, 3.63) is 100 Å². The van der Waals surface area contributed by atoms with E-state index < -0.39 is 0 Å². The fourth-order valence-electron chi connectivity index (χ4n) is 2.61. The normalized spacial score (nSPS) is 10.3.